The van der Waals surface area contributed by atoms with E-state index in [2.05, 4.69) is 12.2 Å². The highest BCUT2D eigenvalue weighted by Crippen LogP contribution is 2.38. The van der Waals surface area contributed by atoms with Crippen LogP contribution in [0, 0.1) is 0 Å². The number of carbonyl (C=O) groups excluding carboxylic acids is 1. The first-order chi connectivity index (χ1) is 20.5. The Balaban J connectivity index is 3.79. The maximum absolute atomic E-state index is 12.1. The lowest BCUT2D eigenvalue weighted by Gasteiger charge is -2.29. The predicted molar refractivity (Wildman–Crippen MR) is 178 cm³/mol. The van der Waals surface area contributed by atoms with Crippen molar-refractivity contribution in [3.05, 3.63) is 12.2 Å². The Kier molecular flexibility index (Phi) is 27.1. The second kappa shape index (κ2) is 27.5. The van der Waals surface area contributed by atoms with Gasteiger partial charge in [-0.25, -0.2) is 0 Å². The second-order valence-corrected chi connectivity index (χ2v) is 14.7. The monoisotopic (exact) mass is 632 g/mol. The highest BCUT2D eigenvalue weighted by molar-refractivity contribution is 7.45. The minimum absolute atomic E-state index is 0.00296. The quantitative estimate of drug-likeness (QED) is 0.0349. The molecule has 8 nitrogen and oxygen atoms in total. The molecule has 0 saturated carbocycles. The van der Waals surface area contributed by atoms with Crippen LogP contribution < -0.4 is 10.2 Å². The van der Waals surface area contributed by atoms with Crippen molar-refractivity contribution < 1.29 is 32.9 Å². The van der Waals surface area contributed by atoms with Crippen molar-refractivity contribution in [3.8, 4) is 0 Å². The molecule has 2 N–H and O–H groups in total. The molecule has 3 atom stereocenters. The number of aliphatic hydroxyl groups excluding tert-OH is 1. The molecule has 0 fully saturated rings. The molecule has 9 heteroatoms. The number of phosphoric acid groups is 1. The third-order valence-electron chi connectivity index (χ3n) is 7.78. The standard InChI is InChI=1S/C34H69N2O6P/c1-6-7-8-9-10-11-12-13-14-15-16-17-18-19-20-21-22-23-24-25-26-27-28-34(38)33(35-32(2)37)31-42-43(39,40)41-30-29-36(3,4)5/h27-28,33-34,38H,6-26,29-31H2,1-5H3,(H-,35,37,39,40)/b28-27+. The van der Waals surface area contributed by atoms with Gasteiger partial charge in [0.1, 0.15) is 13.2 Å². The van der Waals surface area contributed by atoms with Crippen LogP contribution in [0.25, 0.3) is 0 Å². The number of unbranched alkanes of at least 4 members (excludes halogenated alkanes) is 20. The van der Waals surface area contributed by atoms with Crippen LogP contribution >= 0.6 is 7.82 Å². The first-order valence-electron chi connectivity index (χ1n) is 17.5. The van der Waals surface area contributed by atoms with E-state index in [0.717, 1.165) is 19.3 Å². The summed E-state index contributed by atoms with van der Waals surface area (Å²) in [6.45, 7) is 3.70. The van der Waals surface area contributed by atoms with Crippen LogP contribution in [0.5, 0.6) is 0 Å². The largest absolute Gasteiger partial charge is 0.756 e. The second-order valence-electron chi connectivity index (χ2n) is 13.3. The van der Waals surface area contributed by atoms with Crippen LogP contribution in [-0.4, -0.2) is 68.5 Å². The summed E-state index contributed by atoms with van der Waals surface area (Å²) in [5.74, 6) is -0.373. The normalized spacial score (nSPS) is 15.0. The number of carbonyl (C=O) groups is 1. The van der Waals surface area contributed by atoms with Gasteiger partial charge in [0.15, 0.2) is 0 Å². The average molecular weight is 633 g/mol. The van der Waals surface area contributed by atoms with Crippen molar-refractivity contribution in [2.75, 3.05) is 40.9 Å². The summed E-state index contributed by atoms with van der Waals surface area (Å²) in [6.07, 6.45) is 30.3. The van der Waals surface area contributed by atoms with Gasteiger partial charge < -0.3 is 28.8 Å². The van der Waals surface area contributed by atoms with Crippen LogP contribution in [0.1, 0.15) is 149 Å². The molecule has 0 saturated heterocycles. The number of likely N-dealkylation sites (N-methyl/N-ethyl adjacent to an activating group) is 1. The van der Waals surface area contributed by atoms with Gasteiger partial charge in [0, 0.05) is 6.92 Å². The molecule has 0 aliphatic carbocycles. The minimum atomic E-state index is -4.53. The van der Waals surface area contributed by atoms with E-state index in [9.17, 15) is 19.4 Å². The summed E-state index contributed by atoms with van der Waals surface area (Å²) >= 11 is 0. The molecule has 0 bridgehead atoms. The van der Waals surface area contributed by atoms with Crippen molar-refractivity contribution >= 4 is 13.7 Å². The van der Waals surface area contributed by atoms with Gasteiger partial charge in [0.2, 0.25) is 5.91 Å². The fourth-order valence-corrected chi connectivity index (χ4v) is 5.73. The Hall–Kier alpha value is -0.760. The Morgan fingerprint density at radius 1 is 0.791 bits per heavy atom. The van der Waals surface area contributed by atoms with Crippen LogP contribution in [-0.2, 0) is 18.4 Å². The lowest BCUT2D eigenvalue weighted by Crippen LogP contribution is -2.45. The van der Waals surface area contributed by atoms with Gasteiger partial charge >= 0.3 is 0 Å². The molecule has 0 spiro atoms. The van der Waals surface area contributed by atoms with Gasteiger partial charge in [-0.15, -0.1) is 0 Å². The lowest BCUT2D eigenvalue weighted by molar-refractivity contribution is -0.870. The maximum Gasteiger partial charge on any atom is 0.268 e. The number of phosphoric ester groups is 1. The summed E-state index contributed by atoms with van der Waals surface area (Å²) in [6, 6.07) is -0.882. The Morgan fingerprint density at radius 3 is 1.60 bits per heavy atom. The molecule has 3 unspecified atom stereocenters. The van der Waals surface area contributed by atoms with Crippen molar-refractivity contribution in [1.82, 2.24) is 5.32 Å². The maximum atomic E-state index is 12.1. The molecule has 0 rings (SSSR count). The molecule has 0 aliphatic heterocycles. The molecular formula is C34H69N2O6P. The third-order valence-corrected chi connectivity index (χ3v) is 8.75. The molecule has 256 valence electrons. The first kappa shape index (κ1) is 42.2. The van der Waals surface area contributed by atoms with Crippen molar-refractivity contribution in [2.45, 2.75) is 161 Å². The number of hydrogen-bond donors (Lipinski definition) is 2. The molecule has 0 aliphatic rings. The molecule has 0 aromatic heterocycles. The van der Waals surface area contributed by atoms with Crippen LogP contribution in [0.3, 0.4) is 0 Å². The summed E-state index contributed by atoms with van der Waals surface area (Å²) in [4.78, 5) is 23.6. The van der Waals surface area contributed by atoms with E-state index >= 15 is 0 Å². The molecule has 0 aromatic rings. The van der Waals surface area contributed by atoms with E-state index in [0.29, 0.717) is 11.0 Å². The highest BCUT2D eigenvalue weighted by Gasteiger charge is 2.22. The Bertz CT molecular complexity index is 728. The number of aliphatic hydroxyl groups is 1. The highest BCUT2D eigenvalue weighted by atomic mass is 31.2. The van der Waals surface area contributed by atoms with Gasteiger partial charge in [-0.2, -0.15) is 0 Å². The molecule has 0 heterocycles. The van der Waals surface area contributed by atoms with E-state index in [1.54, 1.807) is 6.08 Å². The fraction of sp³-hybridized carbons (Fsp3) is 0.912. The van der Waals surface area contributed by atoms with E-state index in [1.807, 2.05) is 27.2 Å². The number of allylic oxidation sites excluding steroid dienone is 1. The fourth-order valence-electron chi connectivity index (χ4n) is 5.01. The third kappa shape index (κ3) is 31.0. The molecular weight excluding hydrogens is 563 g/mol. The average Bonchev–Trinajstić information content (AvgIpc) is 2.92. The zero-order valence-corrected chi connectivity index (χ0v) is 29.6. The molecule has 0 radical (unpaired) electrons. The number of rotatable bonds is 31. The number of quaternary nitrogens is 1. The SMILES string of the molecule is CCCCCCCCCCCCCCCCCCCCCC/C=C/C(O)C(COP(=O)([O-])OCC[N+](C)(C)C)NC(C)=O. The zero-order valence-electron chi connectivity index (χ0n) is 28.7. The van der Waals surface area contributed by atoms with Crippen LogP contribution in [0.4, 0.5) is 0 Å². The van der Waals surface area contributed by atoms with Gasteiger partial charge in [-0.3, -0.25) is 9.36 Å². The van der Waals surface area contributed by atoms with Crippen LogP contribution in [0.2, 0.25) is 0 Å². The predicted octanol–water partition coefficient (Wildman–Crippen LogP) is 7.83. The smallest absolute Gasteiger partial charge is 0.268 e. The van der Waals surface area contributed by atoms with Gasteiger partial charge in [-0.05, 0) is 12.8 Å². The lowest BCUT2D eigenvalue weighted by atomic mass is 10.0. The van der Waals surface area contributed by atoms with Crippen molar-refractivity contribution in [2.24, 2.45) is 0 Å². The van der Waals surface area contributed by atoms with Crippen molar-refractivity contribution in [1.29, 1.82) is 0 Å². The number of nitrogens with one attached hydrogen (secondary N) is 1. The topological polar surface area (TPSA) is 108 Å². The number of amides is 1. The zero-order chi connectivity index (χ0) is 32.2. The Labute approximate surface area is 265 Å². The summed E-state index contributed by atoms with van der Waals surface area (Å²) in [5.41, 5.74) is 0. The summed E-state index contributed by atoms with van der Waals surface area (Å²) in [5, 5.41) is 13.1. The minimum Gasteiger partial charge on any atom is -0.756 e. The van der Waals surface area contributed by atoms with Crippen LogP contribution in [0.15, 0.2) is 12.2 Å². The van der Waals surface area contributed by atoms with E-state index in [4.69, 9.17) is 9.05 Å². The number of hydrogen-bond acceptors (Lipinski definition) is 6. The Morgan fingerprint density at radius 2 is 1.21 bits per heavy atom. The molecule has 1 amide bonds. The first-order valence-corrected chi connectivity index (χ1v) is 19.0. The van der Waals surface area contributed by atoms with E-state index < -0.39 is 26.6 Å². The van der Waals surface area contributed by atoms with E-state index in [-0.39, 0.29) is 12.5 Å². The summed E-state index contributed by atoms with van der Waals surface area (Å²) in [7, 11) is 1.25. The van der Waals surface area contributed by atoms with Gasteiger partial charge in [0.25, 0.3) is 7.82 Å². The number of nitrogens with zero attached hydrogens (tertiary/aromatic N) is 1. The molecule has 43 heavy (non-hydrogen) atoms. The van der Waals surface area contributed by atoms with Gasteiger partial charge in [0.05, 0.1) is 39.9 Å². The van der Waals surface area contributed by atoms with Crippen molar-refractivity contribution in [3.63, 3.8) is 0 Å². The van der Waals surface area contributed by atoms with Gasteiger partial charge in [-0.1, -0.05) is 141 Å². The summed E-state index contributed by atoms with van der Waals surface area (Å²) < 4.78 is 22.5. The molecule has 0 aromatic carbocycles. The van der Waals surface area contributed by atoms with E-state index in [1.165, 1.54) is 122 Å².